The summed E-state index contributed by atoms with van der Waals surface area (Å²) in [6.45, 7) is 7.34. The molecule has 106 heavy (non-hydrogen) atoms. The van der Waals surface area contributed by atoms with Crippen LogP contribution in [-0.2, 0) is 65.4 Å². The number of phosphoric acid groups is 2. The minimum atomic E-state index is -4.97. The molecule has 17 nitrogen and oxygen atoms in total. The van der Waals surface area contributed by atoms with Gasteiger partial charge in [-0.25, -0.2) is 9.13 Å². The van der Waals surface area contributed by atoms with Crippen molar-refractivity contribution >= 4 is 39.5 Å². The fraction of sp³-hybridized carbons (Fsp3) is 0.954. The third-order valence-corrected chi connectivity index (χ3v) is 22.4. The predicted octanol–water partition coefficient (Wildman–Crippen LogP) is 26.8. The molecule has 630 valence electrons. The van der Waals surface area contributed by atoms with Crippen LogP contribution in [0.2, 0.25) is 0 Å². The summed E-state index contributed by atoms with van der Waals surface area (Å²) in [7, 11) is -9.93. The van der Waals surface area contributed by atoms with Crippen LogP contribution in [-0.4, -0.2) is 96.7 Å². The first-order valence-corrected chi connectivity index (χ1v) is 48.1. The van der Waals surface area contributed by atoms with E-state index in [0.717, 1.165) is 95.8 Å². The average Bonchev–Trinajstić information content (AvgIpc) is 0.903. The molecule has 0 amide bonds. The van der Waals surface area contributed by atoms with E-state index < -0.39 is 97.5 Å². The Bertz CT molecular complexity index is 2010. The standard InChI is InChI=1S/C87H170O17P2/c1-6-9-12-15-18-21-24-27-30-33-34-35-36-39-42-45-48-51-58-63-68-72-86(91)103-82(76-97-84(89)70-65-60-55-49-46-43-40-37-31-28-25-22-19-16-13-10-7-2)78-101-105(93,94)99-74-81(88)75-100-106(95,96)102-79-83(77-98-85(90)71-66-61-56-53-52-54-59-64-69-80(4)5)104-87(92)73-67-62-57-50-47-44-41-38-32-29-26-23-20-17-14-11-8-3/h80-83,88H,6-79H2,1-5H3,(H,93,94)(H,95,96)/t81-,82-,83-/m1/s1. The second-order valence-corrected chi connectivity index (χ2v) is 34.7. The van der Waals surface area contributed by atoms with Gasteiger partial charge in [-0.1, -0.05) is 420 Å². The summed E-state index contributed by atoms with van der Waals surface area (Å²) in [5, 5.41) is 10.7. The number of hydrogen-bond acceptors (Lipinski definition) is 15. The van der Waals surface area contributed by atoms with Crippen LogP contribution in [0.1, 0.15) is 471 Å². The third-order valence-electron chi connectivity index (χ3n) is 20.5. The van der Waals surface area contributed by atoms with Crippen molar-refractivity contribution in [1.82, 2.24) is 0 Å². The van der Waals surface area contributed by atoms with Crippen molar-refractivity contribution in [3.8, 4) is 0 Å². The number of esters is 4. The Kier molecular flexibility index (Phi) is 78.2. The lowest BCUT2D eigenvalue weighted by Gasteiger charge is -2.21. The second-order valence-electron chi connectivity index (χ2n) is 31.8. The summed E-state index contributed by atoms with van der Waals surface area (Å²) in [4.78, 5) is 73.3. The number of carbonyl (C=O) groups is 4. The number of rotatable bonds is 87. The minimum absolute atomic E-state index is 0.108. The molecule has 2 unspecified atom stereocenters. The van der Waals surface area contributed by atoms with E-state index in [1.807, 2.05) is 0 Å². The minimum Gasteiger partial charge on any atom is -0.462 e. The molecule has 0 radical (unpaired) electrons. The Hall–Kier alpha value is -1.94. The molecule has 0 bridgehead atoms. The molecule has 0 heterocycles. The topological polar surface area (TPSA) is 237 Å². The number of ether oxygens (including phenoxy) is 4. The normalized spacial score (nSPS) is 13.7. The van der Waals surface area contributed by atoms with Gasteiger partial charge in [0.05, 0.1) is 26.4 Å². The molecule has 0 aliphatic heterocycles. The number of hydrogen-bond donors (Lipinski definition) is 3. The largest absolute Gasteiger partial charge is 0.472 e. The number of aliphatic hydroxyl groups is 1. The summed E-state index contributed by atoms with van der Waals surface area (Å²) >= 11 is 0. The van der Waals surface area contributed by atoms with Gasteiger partial charge in [0, 0.05) is 25.7 Å². The maximum Gasteiger partial charge on any atom is 0.472 e. The molecular formula is C87H170O17P2. The zero-order chi connectivity index (χ0) is 77.6. The number of unbranched alkanes of at least 4 members (excludes halogenated alkanes) is 59. The molecule has 3 N–H and O–H groups in total. The maximum absolute atomic E-state index is 13.2. The summed E-state index contributed by atoms with van der Waals surface area (Å²) in [5.41, 5.74) is 0. The first kappa shape index (κ1) is 104. The average molecular weight is 1550 g/mol. The van der Waals surface area contributed by atoms with Gasteiger partial charge >= 0.3 is 39.5 Å². The van der Waals surface area contributed by atoms with Crippen molar-refractivity contribution in [2.75, 3.05) is 39.6 Å². The van der Waals surface area contributed by atoms with Crippen LogP contribution < -0.4 is 0 Å². The van der Waals surface area contributed by atoms with Crippen LogP contribution in [0.25, 0.3) is 0 Å². The Balaban J connectivity index is 5.23. The molecule has 0 fully saturated rings. The van der Waals surface area contributed by atoms with E-state index >= 15 is 0 Å². The molecular weight excluding hydrogens is 1380 g/mol. The van der Waals surface area contributed by atoms with Gasteiger partial charge in [0.2, 0.25) is 0 Å². The lowest BCUT2D eigenvalue weighted by Crippen LogP contribution is -2.30. The van der Waals surface area contributed by atoms with Crippen LogP contribution in [0.15, 0.2) is 0 Å². The molecule has 5 atom stereocenters. The third kappa shape index (κ3) is 80.1. The molecule has 0 aliphatic rings. The van der Waals surface area contributed by atoms with E-state index in [2.05, 4.69) is 34.6 Å². The van der Waals surface area contributed by atoms with E-state index in [9.17, 15) is 43.2 Å². The molecule has 0 aromatic rings. The van der Waals surface area contributed by atoms with E-state index in [1.54, 1.807) is 0 Å². The van der Waals surface area contributed by atoms with Gasteiger partial charge < -0.3 is 33.8 Å². The zero-order valence-electron chi connectivity index (χ0n) is 69.6. The monoisotopic (exact) mass is 1550 g/mol. The van der Waals surface area contributed by atoms with Gasteiger partial charge in [-0.3, -0.25) is 37.3 Å². The lowest BCUT2D eigenvalue weighted by molar-refractivity contribution is -0.161. The smallest absolute Gasteiger partial charge is 0.462 e. The van der Waals surface area contributed by atoms with Crippen LogP contribution in [0.3, 0.4) is 0 Å². The summed E-state index contributed by atoms with van der Waals surface area (Å²) < 4.78 is 68.9. The van der Waals surface area contributed by atoms with Gasteiger partial charge in [0.15, 0.2) is 12.2 Å². The van der Waals surface area contributed by atoms with E-state index in [0.29, 0.717) is 25.7 Å². The highest BCUT2D eigenvalue weighted by atomic mass is 31.2. The van der Waals surface area contributed by atoms with Crippen molar-refractivity contribution in [2.24, 2.45) is 5.92 Å². The molecule has 0 spiro atoms. The Morgan fingerprint density at radius 2 is 0.434 bits per heavy atom. The van der Waals surface area contributed by atoms with E-state index in [-0.39, 0.29) is 25.7 Å². The maximum atomic E-state index is 13.2. The van der Waals surface area contributed by atoms with Crippen molar-refractivity contribution in [3.63, 3.8) is 0 Å². The molecule has 0 saturated heterocycles. The second kappa shape index (κ2) is 79.7. The fourth-order valence-electron chi connectivity index (χ4n) is 13.6. The first-order valence-electron chi connectivity index (χ1n) is 45.1. The summed E-state index contributed by atoms with van der Waals surface area (Å²) in [6, 6.07) is 0. The van der Waals surface area contributed by atoms with Crippen molar-refractivity contribution in [1.29, 1.82) is 0 Å². The molecule has 19 heteroatoms. The number of aliphatic hydroxyl groups excluding tert-OH is 1. The molecule has 0 saturated carbocycles. The van der Waals surface area contributed by atoms with Crippen LogP contribution >= 0.6 is 15.6 Å². The number of phosphoric ester groups is 2. The quantitative estimate of drug-likeness (QED) is 0.0222. The predicted molar refractivity (Wildman–Crippen MR) is 437 cm³/mol. The van der Waals surface area contributed by atoms with Crippen molar-refractivity contribution < 1.29 is 80.2 Å². The van der Waals surface area contributed by atoms with Crippen LogP contribution in [0.4, 0.5) is 0 Å². The summed E-state index contributed by atoms with van der Waals surface area (Å²) in [6.07, 6.45) is 73.7. The Morgan fingerprint density at radius 3 is 0.642 bits per heavy atom. The zero-order valence-corrected chi connectivity index (χ0v) is 71.4. The molecule has 0 aliphatic carbocycles. The molecule has 0 rings (SSSR count). The number of carbonyl (C=O) groups excluding carboxylic acids is 4. The summed E-state index contributed by atoms with van der Waals surface area (Å²) in [5.74, 6) is -1.37. The molecule has 0 aromatic heterocycles. The highest BCUT2D eigenvalue weighted by molar-refractivity contribution is 7.47. The Morgan fingerprint density at radius 1 is 0.255 bits per heavy atom. The van der Waals surface area contributed by atoms with Gasteiger partial charge in [0.25, 0.3) is 0 Å². The first-order chi connectivity index (χ1) is 51.5. The Labute approximate surface area is 651 Å². The SMILES string of the molecule is CCCCCCCCCCCCCCCCCCCCCCCC(=O)O[C@H](COC(=O)CCCCCCCCCCCCCCCCCCC)COP(=O)(O)OC[C@@H](O)COP(=O)(O)OC[C@@H](COC(=O)CCCCCCCCCCC(C)C)OC(=O)CCCCCCCCCCCCCCCCCCC. The lowest BCUT2D eigenvalue weighted by atomic mass is 10.0. The van der Waals surface area contributed by atoms with E-state index in [4.69, 9.17) is 37.0 Å². The van der Waals surface area contributed by atoms with Gasteiger partial charge in [-0.15, -0.1) is 0 Å². The van der Waals surface area contributed by atoms with Crippen molar-refractivity contribution in [3.05, 3.63) is 0 Å². The highest BCUT2D eigenvalue weighted by Crippen LogP contribution is 2.45. The van der Waals surface area contributed by atoms with Gasteiger partial charge in [-0.2, -0.15) is 0 Å². The van der Waals surface area contributed by atoms with Crippen LogP contribution in [0, 0.1) is 5.92 Å². The van der Waals surface area contributed by atoms with Crippen LogP contribution in [0.5, 0.6) is 0 Å². The van der Waals surface area contributed by atoms with Gasteiger partial charge in [-0.05, 0) is 31.6 Å². The van der Waals surface area contributed by atoms with Crippen molar-refractivity contribution in [2.45, 2.75) is 490 Å². The highest BCUT2D eigenvalue weighted by Gasteiger charge is 2.30. The molecule has 0 aromatic carbocycles. The fourth-order valence-corrected chi connectivity index (χ4v) is 15.2. The van der Waals surface area contributed by atoms with E-state index in [1.165, 1.54) is 295 Å². The van der Waals surface area contributed by atoms with Gasteiger partial charge in [0.1, 0.15) is 19.3 Å².